The number of aryl methyl sites for hydroxylation is 1. The lowest BCUT2D eigenvalue weighted by Crippen LogP contribution is -2.35. The van der Waals surface area contributed by atoms with Gasteiger partial charge in [0.05, 0.1) is 12.2 Å². The van der Waals surface area contributed by atoms with Gasteiger partial charge in [-0.25, -0.2) is 4.98 Å². The van der Waals surface area contributed by atoms with Crippen molar-refractivity contribution in [1.29, 1.82) is 0 Å². The van der Waals surface area contributed by atoms with Gasteiger partial charge in [-0.1, -0.05) is 0 Å². The van der Waals surface area contributed by atoms with E-state index in [0.717, 1.165) is 5.69 Å². The van der Waals surface area contributed by atoms with Crippen LogP contribution in [0.1, 0.15) is 19.5 Å². The first kappa shape index (κ1) is 11.4. The second-order valence-electron chi connectivity index (χ2n) is 3.57. The van der Waals surface area contributed by atoms with Crippen LogP contribution in [0.15, 0.2) is 12.4 Å². The molecule has 15 heavy (non-hydrogen) atoms. The van der Waals surface area contributed by atoms with Crippen LogP contribution in [0.5, 0.6) is 0 Å². The van der Waals surface area contributed by atoms with Crippen LogP contribution in [-0.2, 0) is 4.79 Å². The molecule has 0 radical (unpaired) electrons. The van der Waals surface area contributed by atoms with Gasteiger partial charge in [0.15, 0.2) is 0 Å². The van der Waals surface area contributed by atoms with Crippen LogP contribution in [0.2, 0.25) is 0 Å². The number of anilines is 1. The molecule has 0 spiro atoms. The van der Waals surface area contributed by atoms with Gasteiger partial charge in [0, 0.05) is 18.4 Å². The molecule has 1 aromatic rings. The van der Waals surface area contributed by atoms with Crippen molar-refractivity contribution in [2.75, 3.05) is 11.9 Å². The molecule has 0 unspecified atom stereocenters. The van der Waals surface area contributed by atoms with E-state index in [-0.39, 0.29) is 18.5 Å². The molecule has 0 aliphatic rings. The summed E-state index contributed by atoms with van der Waals surface area (Å²) < 4.78 is 0. The maximum absolute atomic E-state index is 11.3. The number of rotatable bonds is 4. The molecule has 1 rings (SSSR count). The summed E-state index contributed by atoms with van der Waals surface area (Å²) in [5.41, 5.74) is 0.787. The van der Waals surface area contributed by atoms with Crippen LogP contribution >= 0.6 is 0 Å². The molecule has 5 nitrogen and oxygen atoms in total. The van der Waals surface area contributed by atoms with Gasteiger partial charge >= 0.3 is 0 Å². The fraction of sp³-hybridized carbons (Fsp3) is 0.500. The van der Waals surface area contributed by atoms with Gasteiger partial charge in [0.25, 0.3) is 0 Å². The Morgan fingerprint density at radius 3 is 2.67 bits per heavy atom. The zero-order valence-electron chi connectivity index (χ0n) is 9.24. The van der Waals surface area contributed by atoms with Gasteiger partial charge in [-0.2, -0.15) is 0 Å². The molecule has 0 aliphatic heterocycles. The summed E-state index contributed by atoms with van der Waals surface area (Å²) >= 11 is 0. The van der Waals surface area contributed by atoms with Crippen LogP contribution in [0.3, 0.4) is 0 Å². The molecule has 1 amide bonds. The fourth-order valence-electron chi connectivity index (χ4n) is 1.12. The van der Waals surface area contributed by atoms with E-state index in [0.29, 0.717) is 5.82 Å². The minimum Gasteiger partial charge on any atom is -0.360 e. The van der Waals surface area contributed by atoms with Crippen LogP contribution < -0.4 is 10.6 Å². The van der Waals surface area contributed by atoms with Crippen molar-refractivity contribution in [3.8, 4) is 0 Å². The minimum atomic E-state index is -0.0462. The first-order valence-corrected chi connectivity index (χ1v) is 4.90. The van der Waals surface area contributed by atoms with E-state index in [9.17, 15) is 4.79 Å². The van der Waals surface area contributed by atoms with Crippen molar-refractivity contribution in [3.05, 3.63) is 18.1 Å². The number of hydrogen-bond acceptors (Lipinski definition) is 4. The molecule has 0 aromatic carbocycles. The zero-order valence-corrected chi connectivity index (χ0v) is 9.24. The molecule has 5 heteroatoms. The Morgan fingerprint density at radius 2 is 2.07 bits per heavy atom. The van der Waals surface area contributed by atoms with E-state index < -0.39 is 0 Å². The van der Waals surface area contributed by atoms with Crippen LogP contribution in [0, 0.1) is 6.92 Å². The summed E-state index contributed by atoms with van der Waals surface area (Å²) in [5, 5.41) is 5.72. The molecule has 1 heterocycles. The molecule has 0 atom stereocenters. The van der Waals surface area contributed by atoms with Gasteiger partial charge in [0.1, 0.15) is 5.82 Å². The second kappa shape index (κ2) is 5.29. The lowest BCUT2D eigenvalue weighted by atomic mass is 10.4. The third-order valence-corrected chi connectivity index (χ3v) is 1.75. The lowest BCUT2D eigenvalue weighted by Gasteiger charge is -2.10. The van der Waals surface area contributed by atoms with E-state index >= 15 is 0 Å². The van der Waals surface area contributed by atoms with Gasteiger partial charge < -0.3 is 10.6 Å². The van der Waals surface area contributed by atoms with E-state index in [1.165, 1.54) is 0 Å². The number of amides is 1. The largest absolute Gasteiger partial charge is 0.360 e. The van der Waals surface area contributed by atoms with Crippen molar-refractivity contribution in [3.63, 3.8) is 0 Å². The average molecular weight is 208 g/mol. The van der Waals surface area contributed by atoms with E-state index in [1.54, 1.807) is 12.4 Å². The quantitative estimate of drug-likeness (QED) is 0.765. The SMILES string of the molecule is Cc1nccnc1NCC(=O)NC(C)C. The van der Waals surface area contributed by atoms with Gasteiger partial charge in [-0.05, 0) is 20.8 Å². The van der Waals surface area contributed by atoms with Crippen LogP contribution in [0.25, 0.3) is 0 Å². The third kappa shape index (κ3) is 3.93. The maximum atomic E-state index is 11.3. The van der Waals surface area contributed by atoms with Gasteiger partial charge in [-0.3, -0.25) is 9.78 Å². The van der Waals surface area contributed by atoms with E-state index in [1.807, 2.05) is 20.8 Å². The first-order valence-electron chi connectivity index (χ1n) is 4.90. The Morgan fingerprint density at radius 1 is 1.40 bits per heavy atom. The van der Waals surface area contributed by atoms with Crippen LogP contribution in [-0.4, -0.2) is 28.5 Å². The molecule has 82 valence electrons. The molecule has 0 aliphatic carbocycles. The topological polar surface area (TPSA) is 66.9 Å². The summed E-state index contributed by atoms with van der Waals surface area (Å²) in [7, 11) is 0. The fourth-order valence-corrected chi connectivity index (χ4v) is 1.12. The Labute approximate surface area is 89.3 Å². The summed E-state index contributed by atoms with van der Waals surface area (Å²) in [4.78, 5) is 19.5. The number of carbonyl (C=O) groups excluding carboxylic acids is 1. The van der Waals surface area contributed by atoms with Crippen molar-refractivity contribution in [2.45, 2.75) is 26.8 Å². The zero-order chi connectivity index (χ0) is 11.3. The second-order valence-corrected chi connectivity index (χ2v) is 3.57. The standard InChI is InChI=1S/C10H16N4O/c1-7(2)14-9(15)6-13-10-8(3)11-4-5-12-10/h4-5,7H,6H2,1-3H3,(H,12,13)(H,14,15). The van der Waals surface area contributed by atoms with Crippen LogP contribution in [0.4, 0.5) is 5.82 Å². The minimum absolute atomic E-state index is 0.0462. The summed E-state index contributed by atoms with van der Waals surface area (Å²) in [6.45, 7) is 5.91. The monoisotopic (exact) mass is 208 g/mol. The number of aromatic nitrogens is 2. The molecular formula is C10H16N4O. The number of nitrogens with zero attached hydrogens (tertiary/aromatic N) is 2. The predicted molar refractivity (Wildman–Crippen MR) is 58.5 cm³/mol. The Kier molecular flexibility index (Phi) is 4.03. The Hall–Kier alpha value is -1.65. The highest BCUT2D eigenvalue weighted by molar-refractivity contribution is 5.80. The van der Waals surface area contributed by atoms with E-state index in [4.69, 9.17) is 0 Å². The Bertz CT molecular complexity index is 338. The number of carbonyl (C=O) groups is 1. The smallest absolute Gasteiger partial charge is 0.239 e. The van der Waals surface area contributed by atoms with E-state index in [2.05, 4.69) is 20.6 Å². The molecule has 0 saturated carbocycles. The highest BCUT2D eigenvalue weighted by Crippen LogP contribution is 2.04. The molecule has 0 bridgehead atoms. The lowest BCUT2D eigenvalue weighted by molar-refractivity contribution is -0.119. The molecule has 0 saturated heterocycles. The maximum Gasteiger partial charge on any atom is 0.239 e. The normalized spacial score (nSPS) is 10.1. The van der Waals surface area contributed by atoms with Crippen molar-refractivity contribution in [2.24, 2.45) is 0 Å². The molecular weight excluding hydrogens is 192 g/mol. The molecule has 0 fully saturated rings. The predicted octanol–water partition coefficient (Wildman–Crippen LogP) is 0.722. The van der Waals surface area contributed by atoms with Gasteiger partial charge in [-0.15, -0.1) is 0 Å². The average Bonchev–Trinajstić information content (AvgIpc) is 2.15. The Balaban J connectivity index is 2.44. The highest BCUT2D eigenvalue weighted by Gasteiger charge is 2.04. The first-order chi connectivity index (χ1) is 7.09. The van der Waals surface area contributed by atoms with Crippen molar-refractivity contribution < 1.29 is 4.79 Å². The van der Waals surface area contributed by atoms with Gasteiger partial charge in [0.2, 0.25) is 5.91 Å². The number of nitrogens with one attached hydrogen (secondary N) is 2. The van der Waals surface area contributed by atoms with Crippen molar-refractivity contribution in [1.82, 2.24) is 15.3 Å². The molecule has 1 aromatic heterocycles. The summed E-state index contributed by atoms with van der Waals surface area (Å²) in [5.74, 6) is 0.603. The number of hydrogen-bond donors (Lipinski definition) is 2. The highest BCUT2D eigenvalue weighted by atomic mass is 16.1. The summed E-state index contributed by atoms with van der Waals surface area (Å²) in [6.07, 6.45) is 3.21. The van der Waals surface area contributed by atoms with Crippen molar-refractivity contribution >= 4 is 11.7 Å². The summed E-state index contributed by atoms with van der Waals surface area (Å²) in [6, 6.07) is 0.155. The molecule has 2 N–H and O–H groups in total. The third-order valence-electron chi connectivity index (χ3n) is 1.75.